The van der Waals surface area contributed by atoms with Crippen LogP contribution in [0.4, 0.5) is 13.2 Å². The normalized spacial score (nSPS) is 16.5. The molecule has 0 N–H and O–H groups in total. The number of fused-ring (bicyclic) bond motifs is 1. The zero-order valence-corrected chi connectivity index (χ0v) is 41.1. The molecule has 3 heterocycles. The highest BCUT2D eigenvalue weighted by Crippen LogP contribution is 2.43. The van der Waals surface area contributed by atoms with Crippen LogP contribution in [-0.4, -0.2) is 34.2 Å². The second-order valence-corrected chi connectivity index (χ2v) is 20.1. The first-order chi connectivity index (χ1) is 28.6. The number of hydrogen-bond donors (Lipinski definition) is 0. The Bertz CT molecular complexity index is 1760. The largest absolute Gasteiger partial charge is 0.392 e. The second-order valence-electron chi connectivity index (χ2n) is 20.1. The van der Waals surface area contributed by atoms with Crippen molar-refractivity contribution in [1.82, 2.24) is 14.8 Å². The molecule has 0 spiro atoms. The van der Waals surface area contributed by atoms with Crippen molar-refractivity contribution in [3.8, 4) is 0 Å². The van der Waals surface area contributed by atoms with Gasteiger partial charge < -0.3 is 4.74 Å². The lowest BCUT2D eigenvalue weighted by Gasteiger charge is -2.34. The number of rotatable bonds is 9. The Morgan fingerprint density at radius 2 is 1.33 bits per heavy atom. The standard InChI is InChI=1S/C12H13N.C11H19F3.C11H16.C10H18N2.C10H20O/c1-9(2)12-11-6-4-3-5-10(11)7-8-13-12;1-8(2)10(11(12,13)14)9-6-4-3-5-7-9;1-9(2)10(3)11-7-5-4-6-8-11;1-7(2)6-10-8(3)11-12(5)9(10)4;1-9(2)8-10(3)4-6-11-7-5-10/h3-9H,1-2H3;8-10H,3-7H2,1-2H3;4-10H,1-3H3;7H,6H2,1-5H3;9H,4-8H2,1-3H3. The lowest BCUT2D eigenvalue weighted by molar-refractivity contribution is -0.203. The van der Waals surface area contributed by atoms with Gasteiger partial charge in [0.15, 0.2) is 0 Å². The average molecular weight is 850 g/mol. The van der Waals surface area contributed by atoms with Crippen molar-refractivity contribution in [2.45, 2.75) is 173 Å². The van der Waals surface area contributed by atoms with Crippen LogP contribution in [0.25, 0.3) is 10.8 Å². The summed E-state index contributed by atoms with van der Waals surface area (Å²) in [5, 5.41) is 6.94. The molecule has 61 heavy (non-hydrogen) atoms. The summed E-state index contributed by atoms with van der Waals surface area (Å²) >= 11 is 0. The van der Waals surface area contributed by atoms with Crippen molar-refractivity contribution in [2.75, 3.05) is 13.2 Å². The van der Waals surface area contributed by atoms with Gasteiger partial charge in [-0.1, -0.05) is 157 Å². The van der Waals surface area contributed by atoms with Crippen LogP contribution in [-0.2, 0) is 18.2 Å². The Hall–Kier alpha value is -3.19. The van der Waals surface area contributed by atoms with E-state index in [1.807, 2.05) is 17.9 Å². The van der Waals surface area contributed by atoms with Crippen molar-refractivity contribution < 1.29 is 17.9 Å². The molecule has 2 aromatic carbocycles. The maximum Gasteiger partial charge on any atom is 0.392 e. The SMILES string of the molecule is CC(C)C(C)c1ccccc1.CC(C)C(C1CCCCC1)C(F)(F)F.CC(C)CC1(C)CCOCC1.CC(C)c1nccc2ccccc12.Cc1nn(C)c(C)c1CC(C)C. The first kappa shape index (κ1) is 53.9. The molecule has 2 aliphatic rings. The molecule has 1 saturated heterocycles. The molecule has 2 aromatic heterocycles. The summed E-state index contributed by atoms with van der Waals surface area (Å²) in [7, 11) is 2.01. The Balaban J connectivity index is 0.000000263. The average Bonchev–Trinajstić information content (AvgIpc) is 3.43. The number of pyridine rings is 1. The van der Waals surface area contributed by atoms with Crippen LogP contribution >= 0.6 is 0 Å². The van der Waals surface area contributed by atoms with Gasteiger partial charge >= 0.3 is 6.18 Å². The van der Waals surface area contributed by atoms with E-state index >= 15 is 0 Å². The summed E-state index contributed by atoms with van der Waals surface area (Å²) < 4.78 is 45.6. The summed E-state index contributed by atoms with van der Waals surface area (Å²) in [6.45, 7) is 32.2. The van der Waals surface area contributed by atoms with Gasteiger partial charge in [0, 0.05) is 37.5 Å². The molecule has 0 radical (unpaired) electrons. The van der Waals surface area contributed by atoms with E-state index in [1.54, 1.807) is 13.8 Å². The van der Waals surface area contributed by atoms with Gasteiger partial charge in [-0.3, -0.25) is 9.67 Å². The summed E-state index contributed by atoms with van der Waals surface area (Å²) in [6, 6.07) is 21.1. The summed E-state index contributed by atoms with van der Waals surface area (Å²) in [5.74, 6) is 1.97. The van der Waals surface area contributed by atoms with E-state index in [0.29, 0.717) is 23.2 Å². The number of halogens is 3. The second kappa shape index (κ2) is 26.4. The monoisotopic (exact) mass is 850 g/mol. The Morgan fingerprint density at radius 3 is 1.80 bits per heavy atom. The Labute approximate surface area is 371 Å². The predicted octanol–water partition coefficient (Wildman–Crippen LogP) is 16.3. The maximum atomic E-state index is 12.8. The van der Waals surface area contributed by atoms with Gasteiger partial charge in [0.05, 0.1) is 17.3 Å². The van der Waals surface area contributed by atoms with Crippen LogP contribution in [0.15, 0.2) is 66.9 Å². The van der Waals surface area contributed by atoms with Crippen molar-refractivity contribution in [3.63, 3.8) is 0 Å². The molecule has 2 atom stereocenters. The first-order valence-electron chi connectivity index (χ1n) is 23.6. The fourth-order valence-electron chi connectivity index (χ4n) is 9.00. The molecule has 0 amide bonds. The smallest absolute Gasteiger partial charge is 0.381 e. The Morgan fingerprint density at radius 1 is 0.754 bits per heavy atom. The van der Waals surface area contributed by atoms with Gasteiger partial charge in [0.25, 0.3) is 0 Å². The lowest BCUT2D eigenvalue weighted by Crippen LogP contribution is -2.35. The van der Waals surface area contributed by atoms with Crippen LogP contribution in [0.1, 0.15) is 174 Å². The molecule has 1 aliphatic carbocycles. The highest BCUT2D eigenvalue weighted by molar-refractivity contribution is 5.84. The van der Waals surface area contributed by atoms with Gasteiger partial charge in [0.1, 0.15) is 0 Å². The topological polar surface area (TPSA) is 39.9 Å². The third-order valence-electron chi connectivity index (χ3n) is 12.7. The fourth-order valence-corrected chi connectivity index (χ4v) is 9.00. The molecule has 1 saturated carbocycles. The minimum absolute atomic E-state index is 0.122. The third-order valence-corrected chi connectivity index (χ3v) is 12.7. The van der Waals surface area contributed by atoms with Gasteiger partial charge in [-0.2, -0.15) is 18.3 Å². The summed E-state index contributed by atoms with van der Waals surface area (Å²) in [4.78, 5) is 4.41. The molecule has 1 aliphatic heterocycles. The van der Waals surface area contributed by atoms with Crippen molar-refractivity contribution in [3.05, 3.63) is 95.1 Å². The minimum Gasteiger partial charge on any atom is -0.381 e. The lowest BCUT2D eigenvalue weighted by atomic mass is 9.75. The number of aromatic nitrogens is 3. The van der Waals surface area contributed by atoms with E-state index in [0.717, 1.165) is 63.6 Å². The number of benzene rings is 2. The van der Waals surface area contributed by atoms with Crippen molar-refractivity contribution in [2.24, 2.45) is 48.0 Å². The highest BCUT2D eigenvalue weighted by atomic mass is 19.4. The Kier molecular flexibility index (Phi) is 23.4. The van der Waals surface area contributed by atoms with Gasteiger partial charge in [0.2, 0.25) is 0 Å². The molecule has 4 aromatic rings. The zero-order chi connectivity index (χ0) is 45.9. The molecule has 2 fully saturated rings. The third kappa shape index (κ3) is 19.0. The van der Waals surface area contributed by atoms with E-state index in [-0.39, 0.29) is 11.8 Å². The van der Waals surface area contributed by atoms with Crippen LogP contribution < -0.4 is 0 Å². The first-order valence-corrected chi connectivity index (χ1v) is 23.6. The number of aryl methyl sites for hydroxylation is 2. The molecule has 2 unspecified atom stereocenters. The van der Waals surface area contributed by atoms with Crippen LogP contribution in [0, 0.1) is 54.8 Å². The zero-order valence-electron chi connectivity index (χ0n) is 41.1. The van der Waals surface area contributed by atoms with Crippen LogP contribution in [0.5, 0.6) is 0 Å². The van der Waals surface area contributed by atoms with E-state index in [4.69, 9.17) is 4.74 Å². The number of hydrogen-bond acceptors (Lipinski definition) is 3. The van der Waals surface area contributed by atoms with Gasteiger partial charge in [-0.15, -0.1) is 0 Å². The minimum atomic E-state index is -4.00. The van der Waals surface area contributed by atoms with Gasteiger partial charge in [-0.25, -0.2) is 0 Å². The molecule has 6 rings (SSSR count). The molecule has 4 nitrogen and oxygen atoms in total. The van der Waals surface area contributed by atoms with Crippen molar-refractivity contribution in [1.29, 1.82) is 0 Å². The number of nitrogens with zero attached hydrogens (tertiary/aromatic N) is 3. The highest BCUT2D eigenvalue weighted by Gasteiger charge is 2.46. The quantitative estimate of drug-likeness (QED) is 0.168. The van der Waals surface area contributed by atoms with E-state index in [9.17, 15) is 13.2 Å². The predicted molar refractivity (Wildman–Crippen MR) is 255 cm³/mol. The molecule has 7 heteroatoms. The van der Waals surface area contributed by atoms with E-state index in [1.165, 1.54) is 58.2 Å². The molecule has 0 bridgehead atoms. The van der Waals surface area contributed by atoms with Gasteiger partial charge in [-0.05, 0) is 122 Å². The van der Waals surface area contributed by atoms with Crippen LogP contribution in [0.2, 0.25) is 0 Å². The fraction of sp³-hybridized carbons (Fsp3) is 0.667. The maximum absolute atomic E-state index is 12.8. The summed E-state index contributed by atoms with van der Waals surface area (Å²) in [5.41, 5.74) is 7.13. The molecular weight excluding hydrogens is 764 g/mol. The van der Waals surface area contributed by atoms with E-state index < -0.39 is 12.1 Å². The van der Waals surface area contributed by atoms with Crippen molar-refractivity contribution >= 4 is 10.8 Å². The molecule has 344 valence electrons. The number of ether oxygens (including phenoxy) is 1. The summed E-state index contributed by atoms with van der Waals surface area (Å²) in [6.07, 6.45) is 7.49. The number of alkyl halides is 3. The molecular formula is C54H86F3N3O. The van der Waals surface area contributed by atoms with E-state index in [2.05, 4.69) is 154 Å². The van der Waals surface area contributed by atoms with Crippen LogP contribution in [0.3, 0.4) is 0 Å².